The van der Waals surface area contributed by atoms with Crippen molar-refractivity contribution in [2.45, 2.75) is 31.6 Å². The quantitative estimate of drug-likeness (QED) is 0.613. The Kier molecular flexibility index (Phi) is 4.96. The molecule has 108 valence electrons. The predicted octanol–water partition coefficient (Wildman–Crippen LogP) is 2.82. The molecule has 0 unspecified atom stereocenters. The molecule has 0 spiro atoms. The van der Waals surface area contributed by atoms with Crippen molar-refractivity contribution < 1.29 is 9.53 Å². The molecule has 1 N–H and O–H groups in total. The summed E-state index contributed by atoms with van der Waals surface area (Å²) in [7, 11) is 0. The maximum absolute atomic E-state index is 12.5. The van der Waals surface area contributed by atoms with E-state index in [2.05, 4.69) is 24.0 Å². The first-order valence-electron chi connectivity index (χ1n) is 7.21. The summed E-state index contributed by atoms with van der Waals surface area (Å²) in [6.45, 7) is 7.35. The van der Waals surface area contributed by atoms with Crippen LogP contribution in [-0.2, 0) is 14.9 Å². The van der Waals surface area contributed by atoms with E-state index in [4.69, 9.17) is 4.74 Å². The molecule has 1 aliphatic rings. The van der Waals surface area contributed by atoms with Gasteiger partial charge in [-0.15, -0.1) is 0 Å². The molecule has 1 aliphatic carbocycles. The van der Waals surface area contributed by atoms with E-state index in [0.29, 0.717) is 19.8 Å². The van der Waals surface area contributed by atoms with Crippen molar-refractivity contribution in [2.24, 2.45) is 0 Å². The second kappa shape index (κ2) is 6.71. The van der Waals surface area contributed by atoms with Crippen LogP contribution in [0.4, 0.5) is 0 Å². The zero-order valence-electron chi connectivity index (χ0n) is 12.2. The monoisotopic (exact) mass is 273 g/mol. The van der Waals surface area contributed by atoms with Gasteiger partial charge < -0.3 is 10.1 Å². The maximum Gasteiger partial charge on any atom is 0.230 e. The number of rotatable bonds is 7. The standard InChI is InChI=1S/C17H23NO2/c1-14(2)13-20-12-11-18-16(19)17(9-6-10-17)15-7-4-3-5-8-15/h3-5,7-8H,1,6,9-13H2,2H3,(H,18,19). The molecular formula is C17H23NO2. The predicted molar refractivity (Wildman–Crippen MR) is 80.6 cm³/mol. The van der Waals surface area contributed by atoms with Crippen LogP contribution in [0.1, 0.15) is 31.7 Å². The van der Waals surface area contributed by atoms with Gasteiger partial charge in [-0.2, -0.15) is 0 Å². The highest BCUT2D eigenvalue weighted by atomic mass is 16.5. The maximum atomic E-state index is 12.5. The lowest BCUT2D eigenvalue weighted by Crippen LogP contribution is -2.49. The average molecular weight is 273 g/mol. The summed E-state index contributed by atoms with van der Waals surface area (Å²) >= 11 is 0. The van der Waals surface area contributed by atoms with E-state index in [9.17, 15) is 4.79 Å². The first-order chi connectivity index (χ1) is 9.65. The van der Waals surface area contributed by atoms with Gasteiger partial charge in [-0.25, -0.2) is 0 Å². The highest BCUT2D eigenvalue weighted by Gasteiger charge is 2.45. The third-order valence-electron chi connectivity index (χ3n) is 3.85. The van der Waals surface area contributed by atoms with Gasteiger partial charge in [-0.05, 0) is 25.3 Å². The van der Waals surface area contributed by atoms with Crippen molar-refractivity contribution in [3.8, 4) is 0 Å². The van der Waals surface area contributed by atoms with Gasteiger partial charge in [0.15, 0.2) is 0 Å². The summed E-state index contributed by atoms with van der Waals surface area (Å²) in [5, 5.41) is 3.00. The molecule has 0 aromatic heterocycles. The van der Waals surface area contributed by atoms with Gasteiger partial charge in [0.05, 0.1) is 18.6 Å². The number of hydrogen-bond donors (Lipinski definition) is 1. The van der Waals surface area contributed by atoms with Crippen LogP contribution in [0.25, 0.3) is 0 Å². The van der Waals surface area contributed by atoms with Crippen molar-refractivity contribution in [3.05, 3.63) is 48.0 Å². The van der Waals surface area contributed by atoms with Crippen LogP contribution in [0.15, 0.2) is 42.5 Å². The molecule has 3 heteroatoms. The second-order valence-corrected chi connectivity index (χ2v) is 5.57. The molecule has 20 heavy (non-hydrogen) atoms. The van der Waals surface area contributed by atoms with Gasteiger partial charge in [0.1, 0.15) is 0 Å². The number of carbonyl (C=O) groups is 1. The Hall–Kier alpha value is -1.61. The molecule has 1 fully saturated rings. The van der Waals surface area contributed by atoms with Crippen molar-refractivity contribution >= 4 is 5.91 Å². The Morgan fingerprint density at radius 1 is 1.35 bits per heavy atom. The van der Waals surface area contributed by atoms with Gasteiger partial charge in [0, 0.05) is 6.54 Å². The highest BCUT2D eigenvalue weighted by molar-refractivity contribution is 5.89. The van der Waals surface area contributed by atoms with Crippen molar-refractivity contribution in [1.82, 2.24) is 5.32 Å². The van der Waals surface area contributed by atoms with E-state index in [1.807, 2.05) is 25.1 Å². The van der Waals surface area contributed by atoms with E-state index in [1.54, 1.807) is 0 Å². The van der Waals surface area contributed by atoms with Crippen LogP contribution in [0.5, 0.6) is 0 Å². The van der Waals surface area contributed by atoms with E-state index < -0.39 is 0 Å². The topological polar surface area (TPSA) is 38.3 Å². The van der Waals surface area contributed by atoms with E-state index >= 15 is 0 Å². The lowest BCUT2D eigenvalue weighted by Gasteiger charge is -2.40. The Bertz CT molecular complexity index is 463. The second-order valence-electron chi connectivity index (χ2n) is 5.57. The molecule has 0 bridgehead atoms. The van der Waals surface area contributed by atoms with Gasteiger partial charge in [-0.1, -0.05) is 48.9 Å². The molecule has 0 radical (unpaired) electrons. The third-order valence-corrected chi connectivity index (χ3v) is 3.85. The Morgan fingerprint density at radius 3 is 2.60 bits per heavy atom. The summed E-state index contributed by atoms with van der Waals surface area (Å²) in [5.74, 6) is 0.133. The Labute approximate surface area is 121 Å². The van der Waals surface area contributed by atoms with Crippen LogP contribution in [0.3, 0.4) is 0 Å². The van der Waals surface area contributed by atoms with Crippen molar-refractivity contribution in [2.75, 3.05) is 19.8 Å². The smallest absolute Gasteiger partial charge is 0.230 e. The van der Waals surface area contributed by atoms with Crippen LogP contribution < -0.4 is 5.32 Å². The van der Waals surface area contributed by atoms with Gasteiger partial charge in [0.2, 0.25) is 5.91 Å². The van der Waals surface area contributed by atoms with E-state index in [1.165, 1.54) is 0 Å². The molecule has 1 amide bonds. The molecule has 0 saturated heterocycles. The summed E-state index contributed by atoms with van der Waals surface area (Å²) in [5.41, 5.74) is 1.82. The van der Waals surface area contributed by atoms with E-state index in [-0.39, 0.29) is 11.3 Å². The fourth-order valence-electron chi connectivity index (χ4n) is 2.59. The first-order valence-corrected chi connectivity index (χ1v) is 7.21. The lowest BCUT2D eigenvalue weighted by atomic mass is 9.64. The van der Waals surface area contributed by atoms with Crippen LogP contribution >= 0.6 is 0 Å². The van der Waals surface area contributed by atoms with Crippen molar-refractivity contribution in [3.63, 3.8) is 0 Å². The highest BCUT2D eigenvalue weighted by Crippen LogP contribution is 2.43. The first kappa shape index (κ1) is 14.8. The molecule has 2 rings (SSSR count). The molecule has 0 atom stereocenters. The van der Waals surface area contributed by atoms with Gasteiger partial charge in [0.25, 0.3) is 0 Å². The molecule has 1 aromatic rings. The van der Waals surface area contributed by atoms with E-state index in [0.717, 1.165) is 30.4 Å². The molecular weight excluding hydrogens is 250 g/mol. The van der Waals surface area contributed by atoms with Crippen LogP contribution in [0, 0.1) is 0 Å². The van der Waals surface area contributed by atoms with Crippen molar-refractivity contribution in [1.29, 1.82) is 0 Å². The van der Waals surface area contributed by atoms with Gasteiger partial charge in [-0.3, -0.25) is 4.79 Å². The van der Waals surface area contributed by atoms with Crippen LogP contribution in [-0.4, -0.2) is 25.7 Å². The number of amides is 1. The average Bonchev–Trinajstić information content (AvgIpc) is 2.38. The zero-order chi connectivity index (χ0) is 14.4. The minimum absolute atomic E-state index is 0.133. The zero-order valence-corrected chi connectivity index (χ0v) is 12.2. The van der Waals surface area contributed by atoms with Gasteiger partial charge >= 0.3 is 0 Å². The number of carbonyl (C=O) groups excluding carboxylic acids is 1. The largest absolute Gasteiger partial charge is 0.375 e. The summed E-state index contributed by atoms with van der Waals surface area (Å²) in [6.07, 6.45) is 3.00. The fourth-order valence-corrected chi connectivity index (χ4v) is 2.59. The fraction of sp³-hybridized carbons (Fsp3) is 0.471. The summed E-state index contributed by atoms with van der Waals surface area (Å²) in [4.78, 5) is 12.5. The lowest BCUT2D eigenvalue weighted by molar-refractivity contribution is -0.130. The molecule has 1 saturated carbocycles. The molecule has 0 aliphatic heterocycles. The SMILES string of the molecule is C=C(C)COCCNC(=O)C1(c2ccccc2)CCC1. The number of benzene rings is 1. The number of nitrogens with one attached hydrogen (secondary N) is 1. The normalized spacial score (nSPS) is 16.2. The Morgan fingerprint density at radius 2 is 2.05 bits per heavy atom. The Balaban J connectivity index is 1.86. The molecule has 3 nitrogen and oxygen atoms in total. The molecule has 0 heterocycles. The minimum Gasteiger partial charge on any atom is -0.375 e. The summed E-state index contributed by atoms with van der Waals surface area (Å²) < 4.78 is 5.40. The third kappa shape index (κ3) is 3.28. The number of hydrogen-bond acceptors (Lipinski definition) is 2. The summed E-state index contributed by atoms with van der Waals surface area (Å²) in [6, 6.07) is 10.1. The van der Waals surface area contributed by atoms with Crippen LogP contribution in [0.2, 0.25) is 0 Å². The minimum atomic E-state index is -0.310. The number of ether oxygens (including phenoxy) is 1. The molecule has 1 aromatic carbocycles.